The first-order valence-electron chi connectivity index (χ1n) is 10.9. The van der Waals surface area contributed by atoms with Gasteiger partial charge in [0.25, 0.3) is 0 Å². The van der Waals surface area contributed by atoms with Gasteiger partial charge in [0.2, 0.25) is 11.8 Å². The second-order valence-corrected chi connectivity index (χ2v) is 9.17. The summed E-state index contributed by atoms with van der Waals surface area (Å²) in [5.41, 5.74) is 0. The van der Waals surface area contributed by atoms with Crippen molar-refractivity contribution in [1.82, 2.24) is 14.7 Å². The third-order valence-corrected chi connectivity index (χ3v) is 7.12. The van der Waals surface area contributed by atoms with Crippen LogP contribution in [-0.2, 0) is 9.59 Å². The summed E-state index contributed by atoms with van der Waals surface area (Å²) in [6.07, 6.45) is 8.89. The lowest BCUT2D eigenvalue weighted by atomic mass is 9.91. The molecule has 3 aliphatic heterocycles. The maximum atomic E-state index is 13.0. The predicted octanol–water partition coefficient (Wildman–Crippen LogP) is 2.36. The van der Waals surface area contributed by atoms with Gasteiger partial charge < -0.3 is 9.80 Å². The number of nitrogens with zero attached hydrogens (tertiary/aromatic N) is 3. The molecule has 2 amide bonds. The Hall–Kier alpha value is -1.10. The molecular formula is C21H35N3O2. The standard InChI is InChI=1S/C21H35N3O2/c1-16-6-11-22(12-7-16)21(26)18-3-2-10-24(15-18)19-8-13-23(14-9-19)20(25)17-4-5-17/h16-19H,2-15H2,1H3/t18-/m0/s1. The summed E-state index contributed by atoms with van der Waals surface area (Å²) < 4.78 is 0. The minimum Gasteiger partial charge on any atom is -0.342 e. The highest BCUT2D eigenvalue weighted by molar-refractivity contribution is 5.81. The maximum absolute atomic E-state index is 13.0. The zero-order valence-electron chi connectivity index (χ0n) is 16.4. The van der Waals surface area contributed by atoms with Gasteiger partial charge in [0.1, 0.15) is 0 Å². The molecule has 0 unspecified atom stereocenters. The van der Waals surface area contributed by atoms with Crippen molar-refractivity contribution in [2.45, 2.75) is 64.3 Å². The van der Waals surface area contributed by atoms with E-state index in [1.165, 1.54) is 0 Å². The van der Waals surface area contributed by atoms with Crippen LogP contribution in [0.25, 0.3) is 0 Å². The molecule has 5 nitrogen and oxygen atoms in total. The summed E-state index contributed by atoms with van der Waals surface area (Å²) in [6, 6.07) is 0.565. The Balaban J connectivity index is 1.27. The van der Waals surface area contributed by atoms with Crippen LogP contribution in [0.5, 0.6) is 0 Å². The lowest BCUT2D eigenvalue weighted by Gasteiger charge is -2.43. The van der Waals surface area contributed by atoms with E-state index in [4.69, 9.17) is 0 Å². The van der Waals surface area contributed by atoms with Crippen molar-refractivity contribution in [3.05, 3.63) is 0 Å². The Bertz CT molecular complexity index is 517. The average Bonchev–Trinajstić information content (AvgIpc) is 3.53. The number of carbonyl (C=O) groups is 2. The van der Waals surface area contributed by atoms with Crippen LogP contribution in [0.3, 0.4) is 0 Å². The Morgan fingerprint density at radius 1 is 0.692 bits per heavy atom. The van der Waals surface area contributed by atoms with Crippen LogP contribution < -0.4 is 0 Å². The predicted molar refractivity (Wildman–Crippen MR) is 102 cm³/mol. The molecular weight excluding hydrogens is 326 g/mol. The smallest absolute Gasteiger partial charge is 0.226 e. The normalized spacial score (nSPS) is 29.8. The first-order chi connectivity index (χ1) is 12.6. The van der Waals surface area contributed by atoms with Gasteiger partial charge in [-0.25, -0.2) is 0 Å². The molecule has 0 bridgehead atoms. The van der Waals surface area contributed by atoms with Crippen molar-refractivity contribution < 1.29 is 9.59 Å². The van der Waals surface area contributed by atoms with Crippen LogP contribution >= 0.6 is 0 Å². The quantitative estimate of drug-likeness (QED) is 0.775. The van der Waals surface area contributed by atoms with Gasteiger partial charge in [-0.05, 0) is 63.8 Å². The molecule has 0 N–H and O–H groups in total. The highest BCUT2D eigenvalue weighted by atomic mass is 16.2. The fraction of sp³-hybridized carbons (Fsp3) is 0.905. The van der Waals surface area contributed by atoms with Crippen molar-refractivity contribution in [1.29, 1.82) is 0 Å². The number of likely N-dealkylation sites (tertiary alicyclic amines) is 3. The summed E-state index contributed by atoms with van der Waals surface area (Å²) in [4.78, 5) is 32.0. The highest BCUT2D eigenvalue weighted by Gasteiger charge is 2.37. The molecule has 3 saturated heterocycles. The van der Waals surface area contributed by atoms with Gasteiger partial charge in [-0.15, -0.1) is 0 Å². The van der Waals surface area contributed by atoms with Crippen molar-refractivity contribution in [3.8, 4) is 0 Å². The zero-order chi connectivity index (χ0) is 18.1. The molecule has 1 aliphatic carbocycles. The minimum atomic E-state index is 0.197. The second kappa shape index (κ2) is 7.87. The fourth-order valence-electron chi connectivity index (χ4n) is 5.07. The van der Waals surface area contributed by atoms with E-state index < -0.39 is 0 Å². The summed E-state index contributed by atoms with van der Waals surface area (Å²) in [6.45, 7) is 8.10. The Morgan fingerprint density at radius 2 is 1.27 bits per heavy atom. The molecule has 4 aliphatic rings. The number of carbonyl (C=O) groups excluding carboxylic acids is 2. The number of piperidine rings is 3. The maximum Gasteiger partial charge on any atom is 0.226 e. The Kier molecular flexibility index (Phi) is 5.53. The SMILES string of the molecule is CC1CCN(C(=O)[C@H]2CCCN(C3CCN(C(=O)C4CC4)CC3)C2)CC1. The van der Waals surface area contributed by atoms with E-state index >= 15 is 0 Å². The number of amides is 2. The van der Waals surface area contributed by atoms with Crippen LogP contribution in [0.1, 0.15) is 58.3 Å². The fourth-order valence-corrected chi connectivity index (χ4v) is 5.07. The van der Waals surface area contributed by atoms with Gasteiger partial charge in [-0.3, -0.25) is 14.5 Å². The van der Waals surface area contributed by atoms with E-state index in [0.29, 0.717) is 23.8 Å². The monoisotopic (exact) mass is 361 g/mol. The molecule has 0 aromatic carbocycles. The topological polar surface area (TPSA) is 43.9 Å². The van der Waals surface area contributed by atoms with Gasteiger partial charge >= 0.3 is 0 Å². The molecule has 0 spiro atoms. The average molecular weight is 362 g/mol. The molecule has 26 heavy (non-hydrogen) atoms. The van der Waals surface area contributed by atoms with E-state index in [2.05, 4.69) is 21.6 Å². The second-order valence-electron chi connectivity index (χ2n) is 9.17. The van der Waals surface area contributed by atoms with E-state index in [1.807, 2.05) is 0 Å². The number of hydrogen-bond acceptors (Lipinski definition) is 3. The minimum absolute atomic E-state index is 0.197. The summed E-state index contributed by atoms with van der Waals surface area (Å²) in [7, 11) is 0. The van der Waals surface area contributed by atoms with Gasteiger partial charge in [0.15, 0.2) is 0 Å². The molecule has 4 fully saturated rings. The van der Waals surface area contributed by atoms with Gasteiger partial charge in [0, 0.05) is 44.7 Å². The molecule has 0 radical (unpaired) electrons. The number of rotatable bonds is 3. The molecule has 1 saturated carbocycles. The first kappa shape index (κ1) is 18.3. The highest BCUT2D eigenvalue weighted by Crippen LogP contribution is 2.33. The zero-order valence-corrected chi connectivity index (χ0v) is 16.4. The summed E-state index contributed by atoms with van der Waals surface area (Å²) >= 11 is 0. The third kappa shape index (κ3) is 4.08. The molecule has 146 valence electrons. The first-order valence-corrected chi connectivity index (χ1v) is 10.9. The van der Waals surface area contributed by atoms with Crippen LogP contribution in [0.4, 0.5) is 0 Å². The third-order valence-electron chi connectivity index (χ3n) is 7.12. The lowest BCUT2D eigenvalue weighted by molar-refractivity contribution is -0.139. The van der Waals surface area contributed by atoms with Crippen LogP contribution in [-0.4, -0.2) is 71.8 Å². The van der Waals surface area contributed by atoms with Crippen molar-refractivity contribution in [3.63, 3.8) is 0 Å². The van der Waals surface area contributed by atoms with E-state index in [-0.39, 0.29) is 5.92 Å². The lowest BCUT2D eigenvalue weighted by Crippen LogP contribution is -2.52. The Morgan fingerprint density at radius 3 is 1.88 bits per heavy atom. The van der Waals surface area contributed by atoms with Gasteiger partial charge in [0.05, 0.1) is 5.92 Å². The van der Waals surface area contributed by atoms with Gasteiger partial charge in [-0.2, -0.15) is 0 Å². The number of hydrogen-bond donors (Lipinski definition) is 0. The molecule has 0 aromatic heterocycles. The van der Waals surface area contributed by atoms with Gasteiger partial charge in [-0.1, -0.05) is 6.92 Å². The molecule has 1 atom stereocenters. The van der Waals surface area contributed by atoms with Crippen LogP contribution in [0.15, 0.2) is 0 Å². The molecule has 0 aromatic rings. The van der Waals surface area contributed by atoms with Crippen molar-refractivity contribution >= 4 is 11.8 Å². The van der Waals surface area contributed by atoms with E-state index in [0.717, 1.165) is 96.6 Å². The summed E-state index contributed by atoms with van der Waals surface area (Å²) in [5.74, 6) is 2.11. The van der Waals surface area contributed by atoms with Crippen molar-refractivity contribution in [2.75, 3.05) is 39.3 Å². The molecule has 4 rings (SSSR count). The van der Waals surface area contributed by atoms with E-state index in [9.17, 15) is 9.59 Å². The van der Waals surface area contributed by atoms with Crippen LogP contribution in [0.2, 0.25) is 0 Å². The van der Waals surface area contributed by atoms with E-state index in [1.54, 1.807) is 0 Å². The van der Waals surface area contributed by atoms with Crippen molar-refractivity contribution in [2.24, 2.45) is 17.8 Å². The Labute approximate surface area is 158 Å². The van der Waals surface area contributed by atoms with Crippen LogP contribution in [0, 0.1) is 17.8 Å². The molecule has 3 heterocycles. The summed E-state index contributed by atoms with van der Waals surface area (Å²) in [5, 5.41) is 0. The largest absolute Gasteiger partial charge is 0.342 e. The molecule has 5 heteroatoms.